The standard InChI is InChI=1S/C18H20ClN5O/c1-4-16(25)23-7-8-24-15(10-23)17-12(14-5-6-22(3)20-14)9-13(19)11(2)18(17)21-24/h5-6,9H,4,7-8,10H2,1-3H3. The van der Waals surface area contributed by atoms with Crippen molar-refractivity contribution in [3.05, 3.63) is 34.6 Å². The molecule has 0 N–H and O–H groups in total. The Hall–Kier alpha value is -2.34. The van der Waals surface area contributed by atoms with E-state index in [2.05, 4.69) is 5.10 Å². The van der Waals surface area contributed by atoms with Crippen LogP contribution in [0.4, 0.5) is 0 Å². The van der Waals surface area contributed by atoms with Crippen LogP contribution < -0.4 is 0 Å². The third kappa shape index (κ3) is 2.52. The number of nitrogens with zero attached hydrogens (tertiary/aromatic N) is 5. The minimum atomic E-state index is 0.172. The second-order valence-electron chi connectivity index (χ2n) is 6.47. The summed E-state index contributed by atoms with van der Waals surface area (Å²) in [7, 11) is 1.89. The van der Waals surface area contributed by atoms with E-state index in [4.69, 9.17) is 16.7 Å². The van der Waals surface area contributed by atoms with E-state index in [1.54, 1.807) is 4.68 Å². The quantitative estimate of drug-likeness (QED) is 0.708. The fourth-order valence-electron chi connectivity index (χ4n) is 3.48. The molecule has 0 saturated carbocycles. The smallest absolute Gasteiger partial charge is 0.222 e. The molecule has 0 atom stereocenters. The molecule has 2 aromatic heterocycles. The average Bonchev–Trinajstić information content (AvgIpc) is 3.20. The van der Waals surface area contributed by atoms with Gasteiger partial charge in [-0.1, -0.05) is 18.5 Å². The van der Waals surface area contributed by atoms with Gasteiger partial charge in [0.2, 0.25) is 5.91 Å². The number of hydrogen-bond acceptors (Lipinski definition) is 3. The van der Waals surface area contributed by atoms with Gasteiger partial charge in [-0.05, 0) is 24.6 Å². The minimum absolute atomic E-state index is 0.172. The zero-order valence-electron chi connectivity index (χ0n) is 14.6. The molecule has 130 valence electrons. The normalized spacial score (nSPS) is 14.2. The molecule has 3 heterocycles. The first kappa shape index (κ1) is 16.1. The van der Waals surface area contributed by atoms with Gasteiger partial charge in [-0.2, -0.15) is 10.2 Å². The number of benzene rings is 1. The number of carbonyl (C=O) groups is 1. The summed E-state index contributed by atoms with van der Waals surface area (Å²) in [6, 6.07) is 3.94. The lowest BCUT2D eigenvalue weighted by atomic mass is 10.0. The van der Waals surface area contributed by atoms with Gasteiger partial charge in [0.1, 0.15) is 0 Å². The molecule has 6 nitrogen and oxygen atoms in total. The summed E-state index contributed by atoms with van der Waals surface area (Å²) >= 11 is 6.47. The van der Waals surface area contributed by atoms with Crippen LogP contribution in [0, 0.1) is 6.92 Å². The monoisotopic (exact) mass is 357 g/mol. The van der Waals surface area contributed by atoms with Crippen molar-refractivity contribution in [1.82, 2.24) is 24.5 Å². The molecule has 1 aliphatic heterocycles. The Morgan fingerprint density at radius 3 is 2.80 bits per heavy atom. The number of halogens is 1. The highest BCUT2D eigenvalue weighted by Crippen LogP contribution is 2.37. The molecular weight excluding hydrogens is 338 g/mol. The second-order valence-corrected chi connectivity index (χ2v) is 6.88. The van der Waals surface area contributed by atoms with Crippen molar-refractivity contribution in [2.45, 2.75) is 33.4 Å². The van der Waals surface area contributed by atoms with E-state index in [9.17, 15) is 4.79 Å². The van der Waals surface area contributed by atoms with E-state index < -0.39 is 0 Å². The number of rotatable bonds is 2. The molecule has 0 radical (unpaired) electrons. The Kier molecular flexibility index (Phi) is 3.80. The highest BCUT2D eigenvalue weighted by Gasteiger charge is 2.26. The van der Waals surface area contributed by atoms with Gasteiger partial charge in [-0.15, -0.1) is 0 Å². The molecule has 0 spiro atoms. The topological polar surface area (TPSA) is 56.0 Å². The summed E-state index contributed by atoms with van der Waals surface area (Å²) in [5, 5.41) is 11.1. The minimum Gasteiger partial charge on any atom is -0.335 e. The molecule has 0 aliphatic carbocycles. The van der Waals surface area contributed by atoms with E-state index in [-0.39, 0.29) is 5.91 Å². The van der Waals surface area contributed by atoms with Crippen LogP contribution in [0.15, 0.2) is 18.3 Å². The molecule has 1 aromatic carbocycles. The first-order valence-corrected chi connectivity index (χ1v) is 8.83. The molecule has 0 bridgehead atoms. The molecular formula is C18H20ClN5O. The maximum Gasteiger partial charge on any atom is 0.222 e. The first-order chi connectivity index (χ1) is 12.0. The third-order valence-corrected chi connectivity index (χ3v) is 5.27. The summed E-state index contributed by atoms with van der Waals surface area (Å²) in [4.78, 5) is 14.1. The Labute approximate surface area is 151 Å². The van der Waals surface area contributed by atoms with E-state index in [1.807, 2.05) is 48.8 Å². The first-order valence-electron chi connectivity index (χ1n) is 8.46. The van der Waals surface area contributed by atoms with Gasteiger partial charge in [0.25, 0.3) is 0 Å². The highest BCUT2D eigenvalue weighted by molar-refractivity contribution is 6.33. The van der Waals surface area contributed by atoms with Gasteiger partial charge in [-0.3, -0.25) is 14.2 Å². The summed E-state index contributed by atoms with van der Waals surface area (Å²) in [6.07, 6.45) is 2.43. The predicted octanol–water partition coefficient (Wildman–Crippen LogP) is 3.15. The van der Waals surface area contributed by atoms with E-state index in [0.717, 1.165) is 33.4 Å². The highest BCUT2D eigenvalue weighted by atomic mass is 35.5. The molecule has 0 unspecified atom stereocenters. The van der Waals surface area contributed by atoms with Crippen LogP contribution >= 0.6 is 11.6 Å². The van der Waals surface area contributed by atoms with Crippen molar-refractivity contribution in [3.63, 3.8) is 0 Å². The molecule has 25 heavy (non-hydrogen) atoms. The van der Waals surface area contributed by atoms with Crippen molar-refractivity contribution >= 4 is 28.4 Å². The number of fused-ring (bicyclic) bond motifs is 3. The van der Waals surface area contributed by atoms with Gasteiger partial charge in [0.05, 0.1) is 30.0 Å². The van der Waals surface area contributed by atoms with Crippen LogP contribution in [0.25, 0.3) is 22.2 Å². The summed E-state index contributed by atoms with van der Waals surface area (Å²) in [6.45, 7) is 5.86. The van der Waals surface area contributed by atoms with Gasteiger partial charge >= 0.3 is 0 Å². The molecule has 4 rings (SSSR count). The van der Waals surface area contributed by atoms with Gasteiger partial charge in [-0.25, -0.2) is 0 Å². The lowest BCUT2D eigenvalue weighted by molar-refractivity contribution is -0.132. The fraction of sp³-hybridized carbons (Fsp3) is 0.389. The van der Waals surface area contributed by atoms with Crippen LogP contribution in [0.2, 0.25) is 5.02 Å². The Morgan fingerprint density at radius 1 is 1.32 bits per heavy atom. The fourth-order valence-corrected chi connectivity index (χ4v) is 3.68. The summed E-state index contributed by atoms with van der Waals surface area (Å²) < 4.78 is 3.79. The van der Waals surface area contributed by atoms with Crippen molar-refractivity contribution in [3.8, 4) is 11.3 Å². The van der Waals surface area contributed by atoms with Gasteiger partial charge in [0.15, 0.2) is 0 Å². The molecule has 1 amide bonds. The van der Waals surface area contributed by atoms with Crippen LogP contribution in [-0.2, 0) is 24.9 Å². The van der Waals surface area contributed by atoms with Gasteiger partial charge in [0, 0.05) is 42.2 Å². The number of hydrogen-bond donors (Lipinski definition) is 0. The molecule has 1 aliphatic rings. The van der Waals surface area contributed by atoms with Crippen LogP contribution in [0.1, 0.15) is 24.6 Å². The van der Waals surface area contributed by atoms with Crippen LogP contribution in [0.3, 0.4) is 0 Å². The zero-order valence-corrected chi connectivity index (χ0v) is 15.3. The maximum atomic E-state index is 12.2. The number of aryl methyl sites for hydroxylation is 2. The van der Waals surface area contributed by atoms with Gasteiger partial charge < -0.3 is 4.90 Å². The lowest BCUT2D eigenvalue weighted by Gasteiger charge is -2.27. The van der Waals surface area contributed by atoms with Crippen molar-refractivity contribution < 1.29 is 4.79 Å². The second kappa shape index (κ2) is 5.88. The van der Waals surface area contributed by atoms with Crippen molar-refractivity contribution in [2.24, 2.45) is 7.05 Å². The number of aromatic nitrogens is 4. The van der Waals surface area contributed by atoms with Crippen LogP contribution in [0.5, 0.6) is 0 Å². The third-order valence-electron chi connectivity index (χ3n) is 4.88. The van der Waals surface area contributed by atoms with Crippen molar-refractivity contribution in [1.29, 1.82) is 0 Å². The van der Waals surface area contributed by atoms with E-state index in [1.165, 1.54) is 0 Å². The SMILES string of the molecule is CCC(=O)N1CCn2nc3c(C)c(Cl)cc(-c4ccn(C)n4)c3c2C1. The Morgan fingerprint density at radius 2 is 2.12 bits per heavy atom. The molecule has 0 fully saturated rings. The Balaban J connectivity index is 1.96. The molecule has 3 aromatic rings. The Bertz CT molecular complexity index is 987. The van der Waals surface area contributed by atoms with E-state index >= 15 is 0 Å². The van der Waals surface area contributed by atoms with Crippen molar-refractivity contribution in [2.75, 3.05) is 6.54 Å². The summed E-state index contributed by atoms with van der Waals surface area (Å²) in [5.41, 5.74) is 4.76. The van der Waals surface area contributed by atoms with Crippen LogP contribution in [-0.4, -0.2) is 36.9 Å². The predicted molar refractivity (Wildman–Crippen MR) is 97.4 cm³/mol. The molecule has 0 saturated heterocycles. The average molecular weight is 358 g/mol. The molecule has 7 heteroatoms. The summed E-state index contributed by atoms with van der Waals surface area (Å²) in [5.74, 6) is 0.172. The maximum absolute atomic E-state index is 12.2. The number of amides is 1. The number of carbonyl (C=O) groups excluding carboxylic acids is 1. The van der Waals surface area contributed by atoms with E-state index in [0.29, 0.717) is 31.1 Å². The largest absolute Gasteiger partial charge is 0.335 e. The zero-order chi connectivity index (χ0) is 17.7. The lowest BCUT2D eigenvalue weighted by Crippen LogP contribution is -2.38.